The molecule has 0 fully saturated rings. The minimum Gasteiger partial charge on any atom is -0.478 e. The van der Waals surface area contributed by atoms with Gasteiger partial charge in [0.25, 0.3) is 0 Å². The van der Waals surface area contributed by atoms with Crippen molar-refractivity contribution in [1.29, 1.82) is 0 Å². The van der Waals surface area contributed by atoms with Crippen molar-refractivity contribution in [2.24, 2.45) is 0 Å². The summed E-state index contributed by atoms with van der Waals surface area (Å²) in [6.07, 6.45) is 0. The van der Waals surface area contributed by atoms with Gasteiger partial charge in [-0.05, 0) is 72.8 Å². The molecule has 0 bridgehead atoms. The largest absolute Gasteiger partial charge is 0.478 e. The number of aromatic carboxylic acids is 2. The number of carboxylic acids is 2. The lowest BCUT2D eigenvalue weighted by Gasteiger charge is -2.05. The predicted octanol–water partition coefficient (Wildman–Crippen LogP) is 3.73. The van der Waals surface area contributed by atoms with Crippen LogP contribution in [0.15, 0.2) is 72.8 Å². The number of rotatable bonds is 4. The summed E-state index contributed by atoms with van der Waals surface area (Å²) in [5.41, 5.74) is 12.7. The number of carboxylic acid groups (broad SMARTS) is 2. The smallest absolute Gasteiger partial charge is 0.335 e. The van der Waals surface area contributed by atoms with Crippen LogP contribution in [-0.4, -0.2) is 22.2 Å². The number of carbonyl (C=O) groups is 2. The average Bonchev–Trinajstić information content (AvgIpc) is 2.66. The molecule has 0 unspecified atom stereocenters. The summed E-state index contributed by atoms with van der Waals surface area (Å²) in [6, 6.07) is 19.5. The summed E-state index contributed by atoms with van der Waals surface area (Å²) in [4.78, 5) is 20.7. The highest BCUT2D eigenvalue weighted by molar-refractivity contribution is 5.91. The fourth-order valence-corrected chi connectivity index (χ4v) is 1.96. The number of nitrogen functional groups attached to an aromatic ring is 2. The number of hydrogen-bond donors (Lipinski definition) is 4. The van der Waals surface area contributed by atoms with Gasteiger partial charge in [0.1, 0.15) is 11.5 Å². The van der Waals surface area contributed by atoms with E-state index in [0.717, 1.165) is 22.9 Å². The number of ether oxygens (including phenoxy) is 1. The Bertz CT molecular complexity index is 828. The fraction of sp³-hybridized carbons (Fsp3) is 0. The summed E-state index contributed by atoms with van der Waals surface area (Å²) < 4.78 is 5.58. The van der Waals surface area contributed by atoms with E-state index >= 15 is 0 Å². The first-order chi connectivity index (χ1) is 12.8. The monoisotopic (exact) mass is 366 g/mol. The molecule has 0 atom stereocenters. The highest BCUT2D eigenvalue weighted by Gasteiger charge is 2.04. The third-order valence-corrected chi connectivity index (χ3v) is 3.37. The van der Waals surface area contributed by atoms with Crippen LogP contribution in [0.1, 0.15) is 20.7 Å². The third-order valence-electron chi connectivity index (χ3n) is 3.37. The van der Waals surface area contributed by atoms with Crippen LogP contribution in [0.2, 0.25) is 0 Å². The molecule has 0 saturated heterocycles. The van der Waals surface area contributed by atoms with E-state index in [2.05, 4.69) is 0 Å². The maximum atomic E-state index is 10.3. The van der Waals surface area contributed by atoms with Gasteiger partial charge in [-0.1, -0.05) is 0 Å². The van der Waals surface area contributed by atoms with Crippen molar-refractivity contribution in [3.8, 4) is 11.5 Å². The molecule has 3 rings (SSSR count). The first kappa shape index (κ1) is 19.3. The van der Waals surface area contributed by atoms with Gasteiger partial charge in [0.15, 0.2) is 0 Å². The van der Waals surface area contributed by atoms with Gasteiger partial charge >= 0.3 is 11.9 Å². The molecule has 0 spiro atoms. The maximum absolute atomic E-state index is 10.3. The predicted molar refractivity (Wildman–Crippen MR) is 102 cm³/mol. The highest BCUT2D eigenvalue weighted by atomic mass is 16.5. The minimum absolute atomic E-state index is 0.0833. The Balaban J connectivity index is 0.000000199. The van der Waals surface area contributed by atoms with Crippen LogP contribution in [0.5, 0.6) is 11.5 Å². The Kier molecular flexibility index (Phi) is 6.38. The highest BCUT2D eigenvalue weighted by Crippen LogP contribution is 2.22. The van der Waals surface area contributed by atoms with E-state index in [-0.39, 0.29) is 11.1 Å². The van der Waals surface area contributed by atoms with Gasteiger partial charge in [-0.15, -0.1) is 0 Å². The molecule has 27 heavy (non-hydrogen) atoms. The van der Waals surface area contributed by atoms with Crippen LogP contribution in [0, 0.1) is 0 Å². The van der Waals surface area contributed by atoms with E-state index in [0.29, 0.717) is 0 Å². The number of nitrogens with two attached hydrogens (primary N) is 2. The van der Waals surface area contributed by atoms with E-state index in [9.17, 15) is 9.59 Å². The molecule has 0 aliphatic carbocycles. The van der Waals surface area contributed by atoms with Gasteiger partial charge < -0.3 is 26.4 Å². The van der Waals surface area contributed by atoms with Crippen molar-refractivity contribution >= 4 is 23.3 Å². The normalized spacial score (nSPS) is 9.63. The molecule has 138 valence electrons. The molecule has 7 heteroatoms. The fourth-order valence-electron chi connectivity index (χ4n) is 1.96. The Morgan fingerprint density at radius 1 is 0.593 bits per heavy atom. The van der Waals surface area contributed by atoms with Crippen LogP contribution in [0.3, 0.4) is 0 Å². The minimum atomic E-state index is -1.06. The molecule has 0 radical (unpaired) electrons. The van der Waals surface area contributed by atoms with Crippen molar-refractivity contribution in [3.63, 3.8) is 0 Å². The Labute approximate surface area is 155 Å². The van der Waals surface area contributed by atoms with Crippen molar-refractivity contribution < 1.29 is 24.5 Å². The Morgan fingerprint density at radius 3 is 1.15 bits per heavy atom. The van der Waals surface area contributed by atoms with Gasteiger partial charge in [-0.25, -0.2) is 9.59 Å². The van der Waals surface area contributed by atoms with E-state index in [1.807, 2.05) is 24.3 Å². The van der Waals surface area contributed by atoms with Gasteiger partial charge in [-0.2, -0.15) is 0 Å². The molecule has 6 N–H and O–H groups in total. The molecule has 0 heterocycles. The quantitative estimate of drug-likeness (QED) is 0.516. The zero-order valence-corrected chi connectivity index (χ0v) is 14.2. The van der Waals surface area contributed by atoms with E-state index in [1.54, 1.807) is 24.3 Å². The molecule has 0 saturated carbocycles. The van der Waals surface area contributed by atoms with Crippen molar-refractivity contribution in [3.05, 3.63) is 83.9 Å². The first-order valence-corrected chi connectivity index (χ1v) is 7.81. The lowest BCUT2D eigenvalue weighted by atomic mass is 10.1. The molecule has 0 aromatic heterocycles. The van der Waals surface area contributed by atoms with Crippen molar-refractivity contribution in [1.82, 2.24) is 0 Å². The van der Waals surface area contributed by atoms with Crippen LogP contribution in [0.25, 0.3) is 0 Å². The standard InChI is InChI=1S/C12H12N2O.C8H6O4/c13-9-1-5-11(6-2-9)15-12-7-3-10(14)4-8-12;9-7(10)5-1-2-6(4-3-5)8(11)12/h1-8H,13-14H2;1-4H,(H,9,10)(H,11,12). The molecule has 0 aliphatic rings. The summed E-state index contributed by atoms with van der Waals surface area (Å²) in [6.45, 7) is 0. The molecule has 0 amide bonds. The van der Waals surface area contributed by atoms with Crippen LogP contribution >= 0.6 is 0 Å². The second kappa shape index (κ2) is 8.91. The summed E-state index contributed by atoms with van der Waals surface area (Å²) in [5.74, 6) is -0.609. The third kappa shape index (κ3) is 6.09. The lowest BCUT2D eigenvalue weighted by molar-refractivity contribution is 0.0681. The molecular weight excluding hydrogens is 348 g/mol. The average molecular weight is 366 g/mol. The van der Waals surface area contributed by atoms with Crippen LogP contribution in [-0.2, 0) is 0 Å². The number of hydrogen-bond acceptors (Lipinski definition) is 5. The lowest BCUT2D eigenvalue weighted by Crippen LogP contribution is -1.99. The summed E-state index contributed by atoms with van der Waals surface area (Å²) in [7, 11) is 0. The molecular formula is C20H18N2O5. The van der Waals surface area contributed by atoms with Gasteiger partial charge in [-0.3, -0.25) is 0 Å². The second-order valence-corrected chi connectivity index (χ2v) is 5.43. The molecule has 3 aromatic carbocycles. The number of anilines is 2. The topological polar surface area (TPSA) is 136 Å². The maximum Gasteiger partial charge on any atom is 0.335 e. The van der Waals surface area contributed by atoms with Crippen molar-refractivity contribution in [2.75, 3.05) is 11.5 Å². The van der Waals surface area contributed by atoms with E-state index in [1.165, 1.54) is 24.3 Å². The summed E-state index contributed by atoms with van der Waals surface area (Å²) in [5, 5.41) is 16.9. The van der Waals surface area contributed by atoms with Crippen LogP contribution in [0.4, 0.5) is 11.4 Å². The second-order valence-electron chi connectivity index (χ2n) is 5.43. The molecule has 0 aliphatic heterocycles. The van der Waals surface area contributed by atoms with Crippen LogP contribution < -0.4 is 16.2 Å². The van der Waals surface area contributed by atoms with Gasteiger partial charge in [0.05, 0.1) is 11.1 Å². The zero-order valence-electron chi connectivity index (χ0n) is 14.2. The van der Waals surface area contributed by atoms with Gasteiger partial charge in [0, 0.05) is 11.4 Å². The SMILES string of the molecule is Nc1ccc(Oc2ccc(N)cc2)cc1.O=C(O)c1ccc(C(=O)O)cc1. The number of benzene rings is 3. The summed E-state index contributed by atoms with van der Waals surface area (Å²) >= 11 is 0. The Hall–Kier alpha value is -4.00. The van der Waals surface area contributed by atoms with Crippen molar-refractivity contribution in [2.45, 2.75) is 0 Å². The molecule has 3 aromatic rings. The van der Waals surface area contributed by atoms with E-state index < -0.39 is 11.9 Å². The molecule has 7 nitrogen and oxygen atoms in total. The van der Waals surface area contributed by atoms with E-state index in [4.69, 9.17) is 26.4 Å². The Morgan fingerprint density at radius 2 is 0.889 bits per heavy atom. The zero-order chi connectivity index (χ0) is 19.8. The first-order valence-electron chi connectivity index (χ1n) is 7.81. The van der Waals surface area contributed by atoms with Gasteiger partial charge in [0.2, 0.25) is 0 Å².